The zero-order chi connectivity index (χ0) is 31.7. The van der Waals surface area contributed by atoms with Gasteiger partial charge in [0.05, 0.1) is 24.9 Å². The highest BCUT2D eigenvalue weighted by molar-refractivity contribution is 6.00. The standard InChI is InChI=1S/C33H42N6O5/c1-33(2,36-18-25(41)20-40)21-35-32(44)38-28-17-16-24-8-4-7-11-29(24)39(30(28)42)19-22-12-14-23(15-13-22)26-9-5-6-10-27(26)37-31(43)34-3/h4-15,25,28,36,40-41H,16-21H2,1-3H3,(H2,34,37,43)(H2,35,38,44)/t25-,28+/m0/s1. The number of aliphatic hydroxyl groups is 2. The van der Waals surface area contributed by atoms with Gasteiger partial charge in [0.2, 0.25) is 5.91 Å². The number of carbonyl (C=O) groups is 3. The molecule has 1 heterocycles. The van der Waals surface area contributed by atoms with Gasteiger partial charge in [-0.2, -0.15) is 0 Å². The minimum Gasteiger partial charge on any atom is -0.394 e. The monoisotopic (exact) mass is 602 g/mol. The van der Waals surface area contributed by atoms with Crippen LogP contribution in [0.2, 0.25) is 0 Å². The molecule has 0 saturated heterocycles. The second-order valence-electron chi connectivity index (χ2n) is 11.5. The van der Waals surface area contributed by atoms with Crippen molar-refractivity contribution in [2.75, 3.05) is 37.0 Å². The van der Waals surface area contributed by atoms with E-state index in [2.05, 4.69) is 26.6 Å². The van der Waals surface area contributed by atoms with Crippen LogP contribution in [0.25, 0.3) is 11.1 Å². The lowest BCUT2D eigenvalue weighted by Gasteiger charge is -2.29. The number of fused-ring (bicyclic) bond motifs is 1. The number of aryl methyl sites for hydroxylation is 1. The van der Waals surface area contributed by atoms with E-state index in [1.807, 2.05) is 86.6 Å². The van der Waals surface area contributed by atoms with Crippen LogP contribution in [-0.4, -0.2) is 72.6 Å². The Hall–Kier alpha value is -4.45. The molecule has 1 aliphatic heterocycles. The molecule has 0 fully saturated rings. The first-order chi connectivity index (χ1) is 21.1. The minimum atomic E-state index is -0.891. The van der Waals surface area contributed by atoms with Gasteiger partial charge in [-0.1, -0.05) is 60.7 Å². The van der Waals surface area contributed by atoms with Gasteiger partial charge >= 0.3 is 12.1 Å². The molecule has 234 valence electrons. The summed E-state index contributed by atoms with van der Waals surface area (Å²) in [6.07, 6.45) is 0.194. The number of carbonyl (C=O) groups excluding carboxylic acids is 3. The summed E-state index contributed by atoms with van der Waals surface area (Å²) < 4.78 is 0. The van der Waals surface area contributed by atoms with E-state index in [4.69, 9.17) is 5.11 Å². The number of rotatable bonds is 11. The van der Waals surface area contributed by atoms with Gasteiger partial charge in [-0.3, -0.25) is 4.79 Å². The van der Waals surface area contributed by atoms with Gasteiger partial charge in [-0.05, 0) is 55.5 Å². The van der Waals surface area contributed by atoms with Crippen molar-refractivity contribution >= 4 is 29.3 Å². The third-order valence-corrected chi connectivity index (χ3v) is 7.58. The number of hydrogen-bond acceptors (Lipinski definition) is 6. The Morgan fingerprint density at radius 2 is 1.70 bits per heavy atom. The molecule has 0 saturated carbocycles. The first kappa shape index (κ1) is 32.5. The summed E-state index contributed by atoms with van der Waals surface area (Å²) in [5, 5.41) is 32.9. The third kappa shape index (κ3) is 8.56. The molecule has 0 radical (unpaired) electrons. The molecule has 0 bridgehead atoms. The number of hydrogen-bond donors (Lipinski definition) is 7. The van der Waals surface area contributed by atoms with Crippen LogP contribution in [0, 0.1) is 0 Å². The molecule has 11 heteroatoms. The number of β-amino-alcohol motifs (C(OH)–C–C–N with tert-alkyl or cyclic N) is 1. The van der Waals surface area contributed by atoms with Gasteiger partial charge in [-0.25, -0.2) is 9.59 Å². The van der Waals surface area contributed by atoms with E-state index < -0.39 is 23.7 Å². The summed E-state index contributed by atoms with van der Waals surface area (Å²) in [6, 6.07) is 21.7. The molecule has 3 aromatic carbocycles. The molecule has 0 unspecified atom stereocenters. The third-order valence-electron chi connectivity index (χ3n) is 7.58. The van der Waals surface area contributed by atoms with E-state index in [9.17, 15) is 19.5 Å². The number of nitrogens with zero attached hydrogens (tertiary/aromatic N) is 1. The molecular formula is C33H42N6O5. The normalized spacial score (nSPS) is 15.5. The maximum absolute atomic E-state index is 13.9. The van der Waals surface area contributed by atoms with Crippen LogP contribution in [0.5, 0.6) is 0 Å². The molecule has 5 amide bonds. The molecule has 2 atom stereocenters. The molecular weight excluding hydrogens is 560 g/mol. The Morgan fingerprint density at radius 3 is 2.43 bits per heavy atom. The SMILES string of the molecule is CNC(=O)Nc1ccccc1-c1ccc(CN2C(=O)[C@H](NC(=O)NCC(C)(C)NC[C@H](O)CO)CCc3ccccc32)cc1. The number of benzene rings is 3. The van der Waals surface area contributed by atoms with Gasteiger partial charge in [0.15, 0.2) is 0 Å². The maximum atomic E-state index is 13.9. The molecule has 1 aliphatic rings. The van der Waals surface area contributed by atoms with E-state index >= 15 is 0 Å². The topological polar surface area (TPSA) is 155 Å². The van der Waals surface area contributed by atoms with Crippen molar-refractivity contribution in [1.29, 1.82) is 0 Å². The lowest BCUT2D eigenvalue weighted by molar-refractivity contribution is -0.120. The molecule has 11 nitrogen and oxygen atoms in total. The molecule has 3 aromatic rings. The van der Waals surface area contributed by atoms with Crippen LogP contribution < -0.4 is 31.5 Å². The molecule has 0 spiro atoms. The van der Waals surface area contributed by atoms with Crippen molar-refractivity contribution in [3.63, 3.8) is 0 Å². The average molecular weight is 603 g/mol. The summed E-state index contributed by atoms with van der Waals surface area (Å²) in [5.41, 5.74) is 4.69. The second kappa shape index (κ2) is 14.8. The largest absolute Gasteiger partial charge is 0.394 e. The Labute approximate surface area is 258 Å². The fraction of sp³-hybridized carbons (Fsp3) is 0.364. The summed E-state index contributed by atoms with van der Waals surface area (Å²) in [5.74, 6) is -0.197. The summed E-state index contributed by atoms with van der Waals surface area (Å²) >= 11 is 0. The Bertz CT molecular complexity index is 1440. The van der Waals surface area contributed by atoms with Gasteiger partial charge in [0.1, 0.15) is 6.04 Å². The fourth-order valence-corrected chi connectivity index (χ4v) is 5.05. The van der Waals surface area contributed by atoms with E-state index in [-0.39, 0.29) is 31.6 Å². The predicted octanol–water partition coefficient (Wildman–Crippen LogP) is 2.97. The Morgan fingerprint density at radius 1 is 1.00 bits per heavy atom. The highest BCUT2D eigenvalue weighted by Gasteiger charge is 2.32. The minimum absolute atomic E-state index is 0.182. The van der Waals surface area contributed by atoms with Gasteiger partial charge in [0.25, 0.3) is 0 Å². The Kier molecular flexibility index (Phi) is 10.9. The van der Waals surface area contributed by atoms with Crippen molar-refractivity contribution < 1.29 is 24.6 Å². The van der Waals surface area contributed by atoms with Crippen LogP contribution in [0.4, 0.5) is 21.0 Å². The number of urea groups is 2. The van der Waals surface area contributed by atoms with Crippen molar-refractivity contribution in [3.05, 3.63) is 83.9 Å². The summed E-state index contributed by atoms with van der Waals surface area (Å²) in [6.45, 7) is 4.13. The quantitative estimate of drug-likeness (QED) is 0.179. The van der Waals surface area contributed by atoms with Crippen molar-refractivity contribution in [3.8, 4) is 11.1 Å². The maximum Gasteiger partial charge on any atom is 0.318 e. The predicted molar refractivity (Wildman–Crippen MR) is 171 cm³/mol. The van der Waals surface area contributed by atoms with E-state index in [0.717, 1.165) is 27.9 Å². The summed E-state index contributed by atoms with van der Waals surface area (Å²) in [7, 11) is 1.56. The van der Waals surface area contributed by atoms with Crippen LogP contribution in [0.1, 0.15) is 31.4 Å². The summed E-state index contributed by atoms with van der Waals surface area (Å²) in [4.78, 5) is 40.4. The number of anilines is 2. The Balaban J connectivity index is 1.47. The smallest absolute Gasteiger partial charge is 0.318 e. The van der Waals surface area contributed by atoms with E-state index in [1.165, 1.54) is 0 Å². The molecule has 7 N–H and O–H groups in total. The zero-order valence-corrected chi connectivity index (χ0v) is 25.4. The number of para-hydroxylation sites is 2. The van der Waals surface area contributed by atoms with Crippen LogP contribution >= 0.6 is 0 Å². The van der Waals surface area contributed by atoms with Crippen molar-refractivity contribution in [2.45, 2.75) is 50.9 Å². The first-order valence-corrected chi connectivity index (χ1v) is 14.7. The number of amides is 5. The lowest BCUT2D eigenvalue weighted by Crippen LogP contribution is -2.55. The second-order valence-corrected chi connectivity index (χ2v) is 11.5. The number of nitrogens with one attached hydrogen (secondary N) is 5. The zero-order valence-electron chi connectivity index (χ0n) is 25.4. The lowest BCUT2D eigenvalue weighted by atomic mass is 10.0. The first-order valence-electron chi connectivity index (χ1n) is 14.7. The van der Waals surface area contributed by atoms with Gasteiger partial charge in [-0.15, -0.1) is 0 Å². The van der Waals surface area contributed by atoms with Crippen LogP contribution in [-0.2, 0) is 17.8 Å². The van der Waals surface area contributed by atoms with Crippen LogP contribution in [0.3, 0.4) is 0 Å². The molecule has 44 heavy (non-hydrogen) atoms. The van der Waals surface area contributed by atoms with Crippen molar-refractivity contribution in [1.82, 2.24) is 21.3 Å². The molecule has 4 rings (SSSR count). The highest BCUT2D eigenvalue weighted by atomic mass is 16.3. The van der Waals surface area contributed by atoms with Crippen LogP contribution in [0.15, 0.2) is 72.8 Å². The number of aliphatic hydroxyl groups excluding tert-OH is 2. The van der Waals surface area contributed by atoms with Crippen molar-refractivity contribution in [2.24, 2.45) is 0 Å². The van der Waals surface area contributed by atoms with Gasteiger partial charge < -0.3 is 41.7 Å². The molecule has 0 aromatic heterocycles. The molecule has 0 aliphatic carbocycles. The van der Waals surface area contributed by atoms with E-state index in [1.54, 1.807) is 11.9 Å². The van der Waals surface area contributed by atoms with Gasteiger partial charge in [0, 0.05) is 36.9 Å². The highest BCUT2D eigenvalue weighted by Crippen LogP contribution is 2.31. The van der Waals surface area contributed by atoms with E-state index in [0.29, 0.717) is 25.1 Å². The average Bonchev–Trinajstić information content (AvgIpc) is 3.16. The fourth-order valence-electron chi connectivity index (χ4n) is 5.05.